The maximum absolute atomic E-state index is 10.9. The van der Waals surface area contributed by atoms with Gasteiger partial charge < -0.3 is 4.74 Å². The molecule has 5 nitrogen and oxygen atoms in total. The summed E-state index contributed by atoms with van der Waals surface area (Å²) >= 11 is 0. The van der Waals surface area contributed by atoms with E-state index in [1.54, 1.807) is 7.11 Å². The van der Waals surface area contributed by atoms with Crippen molar-refractivity contribution in [3.8, 4) is 5.75 Å². The molecular weight excluding hydrogens is 242 g/mol. The summed E-state index contributed by atoms with van der Waals surface area (Å²) in [4.78, 5) is 0. The number of nitrogens with zero attached hydrogens (tertiary/aromatic N) is 1. The minimum atomic E-state index is -3.55. The predicted octanol–water partition coefficient (Wildman–Crippen LogP) is 1.32. The summed E-state index contributed by atoms with van der Waals surface area (Å²) < 4.78 is 31.3. The Morgan fingerprint density at radius 1 is 1.29 bits per heavy atom. The van der Waals surface area contributed by atoms with Crippen LogP contribution in [0.4, 0.5) is 0 Å². The van der Waals surface area contributed by atoms with Crippen molar-refractivity contribution in [3.05, 3.63) is 29.3 Å². The summed E-state index contributed by atoms with van der Waals surface area (Å²) in [5.41, 5.74) is 2.67. The van der Waals surface area contributed by atoms with E-state index in [0.717, 1.165) is 29.6 Å². The molecule has 92 valence electrons. The Kier molecular flexibility index (Phi) is 3.06. The van der Waals surface area contributed by atoms with Crippen molar-refractivity contribution in [1.82, 2.24) is 0 Å². The minimum Gasteiger partial charge on any atom is -0.497 e. The first-order chi connectivity index (χ1) is 7.99. The third kappa shape index (κ3) is 2.76. The Morgan fingerprint density at radius 3 is 2.71 bits per heavy atom. The molecule has 6 heteroatoms. The van der Waals surface area contributed by atoms with E-state index in [1.807, 2.05) is 18.2 Å². The third-order valence-electron chi connectivity index (χ3n) is 2.54. The quantitative estimate of drug-likeness (QED) is 0.764. The van der Waals surface area contributed by atoms with Crippen LogP contribution in [0.5, 0.6) is 5.75 Å². The molecule has 1 aliphatic carbocycles. The fraction of sp³-hybridized carbons (Fsp3) is 0.364. The maximum atomic E-state index is 10.9. The molecule has 0 bridgehead atoms. The molecule has 0 aromatic heterocycles. The topological polar surface area (TPSA) is 65.0 Å². The highest BCUT2D eigenvalue weighted by molar-refractivity contribution is 7.85. The molecule has 1 aromatic rings. The van der Waals surface area contributed by atoms with Gasteiger partial charge in [-0.05, 0) is 30.5 Å². The summed E-state index contributed by atoms with van der Waals surface area (Å²) in [5, 5.41) is 3.68. The van der Waals surface area contributed by atoms with Crippen LogP contribution in [0.3, 0.4) is 0 Å². The molecule has 1 aromatic carbocycles. The van der Waals surface area contributed by atoms with Gasteiger partial charge in [0.1, 0.15) is 5.75 Å². The highest BCUT2D eigenvalue weighted by Crippen LogP contribution is 2.26. The summed E-state index contributed by atoms with van der Waals surface area (Å²) in [6, 6.07) is 5.67. The van der Waals surface area contributed by atoms with E-state index >= 15 is 0 Å². The molecule has 0 unspecified atom stereocenters. The van der Waals surface area contributed by atoms with Crippen molar-refractivity contribution in [1.29, 1.82) is 0 Å². The largest absolute Gasteiger partial charge is 0.497 e. The average Bonchev–Trinajstić information content (AvgIpc) is 2.67. The van der Waals surface area contributed by atoms with E-state index in [-0.39, 0.29) is 0 Å². The number of hydrogen-bond acceptors (Lipinski definition) is 5. The molecule has 0 radical (unpaired) electrons. The number of ether oxygens (including phenoxy) is 1. The zero-order valence-corrected chi connectivity index (χ0v) is 10.5. The van der Waals surface area contributed by atoms with E-state index in [9.17, 15) is 8.42 Å². The van der Waals surface area contributed by atoms with Crippen LogP contribution in [-0.2, 0) is 20.8 Å². The smallest absolute Gasteiger partial charge is 0.325 e. The molecule has 2 rings (SSSR count). The van der Waals surface area contributed by atoms with Crippen LogP contribution in [0.15, 0.2) is 23.4 Å². The first-order valence-electron chi connectivity index (χ1n) is 5.12. The first-order valence-corrected chi connectivity index (χ1v) is 6.94. The van der Waals surface area contributed by atoms with Gasteiger partial charge >= 0.3 is 10.1 Å². The molecule has 0 N–H and O–H groups in total. The van der Waals surface area contributed by atoms with Crippen molar-refractivity contribution in [2.75, 3.05) is 13.4 Å². The number of oxime groups is 1. The molecule has 0 spiro atoms. The zero-order valence-electron chi connectivity index (χ0n) is 9.63. The SMILES string of the molecule is COc1ccc2c(c1)C(=NOS(C)(=O)=O)CC2. The standard InChI is InChI=1S/C11H13NO4S/c1-15-9-5-3-8-4-6-11(10(8)7-9)12-16-17(2,13)14/h3,5,7H,4,6H2,1-2H3. The number of hydrogen-bond donors (Lipinski definition) is 0. The summed E-state index contributed by atoms with van der Waals surface area (Å²) in [6.45, 7) is 0. The third-order valence-corrected chi connectivity index (χ3v) is 2.89. The highest BCUT2D eigenvalue weighted by atomic mass is 32.2. The van der Waals surface area contributed by atoms with Crippen LogP contribution >= 0.6 is 0 Å². The fourth-order valence-corrected chi connectivity index (χ4v) is 1.99. The van der Waals surface area contributed by atoms with Gasteiger partial charge in [-0.2, -0.15) is 8.42 Å². The van der Waals surface area contributed by atoms with Gasteiger partial charge in [-0.15, -0.1) is 0 Å². The van der Waals surface area contributed by atoms with Gasteiger partial charge in [-0.1, -0.05) is 11.2 Å². The van der Waals surface area contributed by atoms with Gasteiger partial charge in [0.2, 0.25) is 0 Å². The molecule has 0 heterocycles. The number of fused-ring (bicyclic) bond motifs is 1. The lowest BCUT2D eigenvalue weighted by molar-refractivity contribution is 0.342. The van der Waals surface area contributed by atoms with Gasteiger partial charge in [-0.3, -0.25) is 4.28 Å². The van der Waals surface area contributed by atoms with E-state index < -0.39 is 10.1 Å². The number of benzene rings is 1. The lowest BCUT2D eigenvalue weighted by atomic mass is 10.1. The van der Waals surface area contributed by atoms with Crippen molar-refractivity contribution >= 4 is 15.8 Å². The van der Waals surface area contributed by atoms with Crippen molar-refractivity contribution in [2.24, 2.45) is 5.16 Å². The second kappa shape index (κ2) is 4.37. The number of aryl methyl sites for hydroxylation is 1. The van der Waals surface area contributed by atoms with Gasteiger partial charge in [0.05, 0.1) is 19.1 Å². The molecule has 0 saturated heterocycles. The van der Waals surface area contributed by atoms with Gasteiger partial charge in [-0.25, -0.2) is 0 Å². The lowest BCUT2D eigenvalue weighted by Gasteiger charge is -2.03. The molecule has 1 aliphatic rings. The Labute approximate surface area is 100 Å². The van der Waals surface area contributed by atoms with Crippen LogP contribution in [0, 0.1) is 0 Å². The average molecular weight is 255 g/mol. The van der Waals surface area contributed by atoms with E-state index in [2.05, 4.69) is 9.44 Å². The normalized spacial score (nSPS) is 16.9. The maximum Gasteiger partial charge on any atom is 0.325 e. The summed E-state index contributed by atoms with van der Waals surface area (Å²) in [6.07, 6.45) is 2.49. The number of methoxy groups -OCH3 is 1. The Bertz CT molecular complexity index is 563. The molecule has 0 amide bonds. The molecule has 0 fully saturated rings. The highest BCUT2D eigenvalue weighted by Gasteiger charge is 2.19. The van der Waals surface area contributed by atoms with Gasteiger partial charge in [0, 0.05) is 5.56 Å². The molecule has 0 atom stereocenters. The van der Waals surface area contributed by atoms with Crippen LogP contribution < -0.4 is 4.74 Å². The van der Waals surface area contributed by atoms with Gasteiger partial charge in [0.25, 0.3) is 0 Å². The molecule has 17 heavy (non-hydrogen) atoms. The molecular formula is C11H13NO4S. The minimum absolute atomic E-state index is 0.643. The van der Waals surface area contributed by atoms with E-state index in [1.165, 1.54) is 0 Å². The summed E-state index contributed by atoms with van der Waals surface area (Å²) in [5.74, 6) is 0.720. The van der Waals surface area contributed by atoms with Crippen LogP contribution in [0.25, 0.3) is 0 Å². The van der Waals surface area contributed by atoms with Crippen LogP contribution in [0.1, 0.15) is 17.5 Å². The van der Waals surface area contributed by atoms with Gasteiger partial charge in [0.15, 0.2) is 0 Å². The Balaban J connectivity index is 2.32. The fourth-order valence-electron chi connectivity index (χ4n) is 1.76. The molecule has 0 saturated carbocycles. The van der Waals surface area contributed by atoms with Crippen molar-refractivity contribution < 1.29 is 17.4 Å². The van der Waals surface area contributed by atoms with Crippen LogP contribution in [0.2, 0.25) is 0 Å². The predicted molar refractivity (Wildman–Crippen MR) is 63.8 cm³/mol. The second-order valence-electron chi connectivity index (χ2n) is 3.84. The van der Waals surface area contributed by atoms with Crippen LogP contribution in [-0.4, -0.2) is 27.5 Å². The first kappa shape index (κ1) is 11.9. The zero-order chi connectivity index (χ0) is 12.5. The monoisotopic (exact) mass is 255 g/mol. The van der Waals surface area contributed by atoms with Crippen molar-refractivity contribution in [2.45, 2.75) is 12.8 Å². The number of rotatable bonds is 3. The van der Waals surface area contributed by atoms with Crippen molar-refractivity contribution in [3.63, 3.8) is 0 Å². The van der Waals surface area contributed by atoms with E-state index in [4.69, 9.17) is 4.74 Å². The Morgan fingerprint density at radius 2 is 2.06 bits per heavy atom. The Hall–Kier alpha value is -1.56. The summed E-state index contributed by atoms with van der Waals surface area (Å²) in [7, 11) is -1.96. The second-order valence-corrected chi connectivity index (χ2v) is 5.40. The lowest BCUT2D eigenvalue weighted by Crippen LogP contribution is -2.02. The van der Waals surface area contributed by atoms with E-state index in [0.29, 0.717) is 12.1 Å². The molecule has 0 aliphatic heterocycles.